The third-order valence-electron chi connectivity index (χ3n) is 1.55. The Morgan fingerprint density at radius 1 is 1.20 bits per heavy atom. The van der Waals surface area contributed by atoms with Gasteiger partial charge in [0.1, 0.15) is 5.75 Å². The van der Waals surface area contributed by atoms with Crippen molar-refractivity contribution in [3.8, 4) is 5.75 Å². The van der Waals surface area contributed by atoms with Crippen LogP contribution in [0.15, 0.2) is 29.2 Å². The Hall–Kier alpha value is -1.17. The van der Waals surface area contributed by atoms with E-state index in [0.29, 0.717) is 6.92 Å². The molecule has 0 fully saturated rings. The molecule has 1 aromatic rings. The molecule has 0 aliphatic carbocycles. The highest BCUT2D eigenvalue weighted by Gasteiger charge is 2.23. The van der Waals surface area contributed by atoms with E-state index in [-0.39, 0.29) is 10.6 Å². The molecule has 0 heterocycles. The molecule has 0 aliphatic rings. The number of benzene rings is 1. The maximum Gasteiger partial charge on any atom is 0.394 e. The molecule has 0 spiro atoms. The van der Waals surface area contributed by atoms with Crippen LogP contribution in [-0.4, -0.2) is 20.8 Å². The van der Waals surface area contributed by atoms with Gasteiger partial charge >= 0.3 is 6.11 Å². The molecule has 1 rings (SSSR count). The molecular weight excluding hydrogens is 226 g/mol. The lowest BCUT2D eigenvalue weighted by molar-refractivity contribution is -0.158. The Morgan fingerprint density at radius 3 is 2.00 bits per heavy atom. The van der Waals surface area contributed by atoms with Gasteiger partial charge < -0.3 is 4.74 Å². The summed E-state index contributed by atoms with van der Waals surface area (Å²) in [4.78, 5) is 0.0641. The Balaban J connectivity index is 2.92. The van der Waals surface area contributed by atoms with E-state index in [1.165, 1.54) is 24.3 Å². The fourth-order valence-electron chi connectivity index (χ4n) is 0.962. The minimum atomic E-state index is -3.31. The molecule has 6 heteroatoms. The Kier molecular flexibility index (Phi) is 2.99. The first-order valence-electron chi connectivity index (χ1n) is 4.05. The van der Waals surface area contributed by atoms with Crippen molar-refractivity contribution < 1.29 is 21.9 Å². The maximum atomic E-state index is 12.4. The van der Waals surface area contributed by atoms with Crippen LogP contribution in [0.2, 0.25) is 0 Å². The van der Waals surface area contributed by atoms with E-state index in [9.17, 15) is 17.2 Å². The van der Waals surface area contributed by atoms with Crippen molar-refractivity contribution in [2.24, 2.45) is 0 Å². The van der Waals surface area contributed by atoms with Crippen LogP contribution >= 0.6 is 0 Å². The molecule has 1 aromatic carbocycles. The highest BCUT2D eigenvalue weighted by Crippen LogP contribution is 2.22. The summed E-state index contributed by atoms with van der Waals surface area (Å²) in [6.07, 6.45) is -2.23. The standard InChI is InChI=1S/C9H10F2O3S/c1-9(10,11)14-7-3-5-8(6-4-7)15(2,12)13/h3-6H,1-2H3. The quantitative estimate of drug-likeness (QED) is 0.807. The fourth-order valence-corrected chi connectivity index (χ4v) is 1.59. The smallest absolute Gasteiger partial charge is 0.394 e. The normalized spacial score (nSPS) is 12.5. The largest absolute Gasteiger partial charge is 0.433 e. The fraction of sp³-hybridized carbons (Fsp3) is 0.333. The third-order valence-corrected chi connectivity index (χ3v) is 2.68. The van der Waals surface area contributed by atoms with E-state index in [2.05, 4.69) is 4.74 Å². The lowest BCUT2D eigenvalue weighted by Crippen LogP contribution is -2.19. The van der Waals surface area contributed by atoms with Gasteiger partial charge in [-0.05, 0) is 24.3 Å². The van der Waals surface area contributed by atoms with Crippen molar-refractivity contribution in [2.75, 3.05) is 6.26 Å². The molecule has 0 aromatic heterocycles. The van der Waals surface area contributed by atoms with E-state index in [4.69, 9.17) is 0 Å². The number of hydrogen-bond acceptors (Lipinski definition) is 3. The maximum absolute atomic E-state index is 12.4. The molecule has 15 heavy (non-hydrogen) atoms. The Labute approximate surface area is 86.6 Å². The predicted molar refractivity (Wildman–Crippen MR) is 50.8 cm³/mol. The number of halogens is 2. The first-order chi connectivity index (χ1) is 6.68. The van der Waals surface area contributed by atoms with Gasteiger partial charge in [0.25, 0.3) is 0 Å². The molecule has 84 valence electrons. The SMILES string of the molecule is CC(F)(F)Oc1ccc(S(C)(=O)=O)cc1. The summed E-state index contributed by atoms with van der Waals surface area (Å²) in [6.45, 7) is 0.609. The monoisotopic (exact) mass is 236 g/mol. The van der Waals surface area contributed by atoms with Gasteiger partial charge in [-0.25, -0.2) is 8.42 Å². The molecule has 0 saturated carbocycles. The molecule has 0 bridgehead atoms. The van der Waals surface area contributed by atoms with Crippen molar-refractivity contribution in [2.45, 2.75) is 17.9 Å². The lowest BCUT2D eigenvalue weighted by Gasteiger charge is -2.12. The molecule has 0 aliphatic heterocycles. The topological polar surface area (TPSA) is 43.4 Å². The third kappa shape index (κ3) is 3.83. The van der Waals surface area contributed by atoms with Crippen molar-refractivity contribution in [1.29, 1.82) is 0 Å². The van der Waals surface area contributed by atoms with Crippen molar-refractivity contribution in [1.82, 2.24) is 0 Å². The highest BCUT2D eigenvalue weighted by atomic mass is 32.2. The summed E-state index contributed by atoms with van der Waals surface area (Å²) < 4.78 is 51.1. The van der Waals surface area contributed by atoms with Gasteiger partial charge in [-0.2, -0.15) is 8.78 Å². The number of hydrogen-bond donors (Lipinski definition) is 0. The van der Waals surface area contributed by atoms with Gasteiger partial charge in [-0.3, -0.25) is 0 Å². The van der Waals surface area contributed by atoms with E-state index >= 15 is 0 Å². The van der Waals surface area contributed by atoms with E-state index in [1.54, 1.807) is 0 Å². The molecule has 0 unspecified atom stereocenters. The van der Waals surface area contributed by atoms with E-state index < -0.39 is 15.9 Å². The molecule has 0 radical (unpaired) electrons. The van der Waals surface area contributed by atoms with Gasteiger partial charge in [0.2, 0.25) is 0 Å². The second-order valence-electron chi connectivity index (χ2n) is 3.15. The summed E-state index contributed by atoms with van der Waals surface area (Å²) in [5, 5.41) is 0. The molecular formula is C9H10F2O3S. The number of ether oxygens (including phenoxy) is 1. The van der Waals surface area contributed by atoms with Crippen molar-refractivity contribution in [3.63, 3.8) is 0 Å². The van der Waals surface area contributed by atoms with Crippen LogP contribution in [0.3, 0.4) is 0 Å². The second-order valence-corrected chi connectivity index (χ2v) is 5.17. The first-order valence-corrected chi connectivity index (χ1v) is 5.94. The number of rotatable bonds is 3. The van der Waals surface area contributed by atoms with Gasteiger partial charge in [-0.1, -0.05) is 0 Å². The predicted octanol–water partition coefficient (Wildman–Crippen LogP) is 2.08. The number of sulfone groups is 1. The van der Waals surface area contributed by atoms with Gasteiger partial charge in [0.05, 0.1) is 4.90 Å². The molecule has 3 nitrogen and oxygen atoms in total. The Bertz CT molecular complexity index is 431. The van der Waals surface area contributed by atoms with E-state index in [1.807, 2.05) is 0 Å². The average molecular weight is 236 g/mol. The van der Waals surface area contributed by atoms with Crippen LogP contribution in [0, 0.1) is 0 Å². The summed E-state index contributed by atoms with van der Waals surface area (Å²) in [5.41, 5.74) is 0. The highest BCUT2D eigenvalue weighted by molar-refractivity contribution is 7.90. The summed E-state index contributed by atoms with van der Waals surface area (Å²) in [6, 6.07) is 4.81. The average Bonchev–Trinajstić information content (AvgIpc) is 2.00. The number of alkyl halides is 2. The zero-order chi connectivity index (χ0) is 11.7. The van der Waals surface area contributed by atoms with Gasteiger partial charge in [-0.15, -0.1) is 0 Å². The van der Waals surface area contributed by atoms with Crippen molar-refractivity contribution >= 4 is 9.84 Å². The molecule has 0 saturated heterocycles. The summed E-state index contributed by atoms with van der Waals surface area (Å²) >= 11 is 0. The Morgan fingerprint density at radius 2 is 1.67 bits per heavy atom. The van der Waals surface area contributed by atoms with Crippen LogP contribution in [0.5, 0.6) is 5.75 Å². The first kappa shape index (κ1) is 11.9. The van der Waals surface area contributed by atoms with Crippen LogP contribution in [-0.2, 0) is 9.84 Å². The van der Waals surface area contributed by atoms with Gasteiger partial charge in [0, 0.05) is 13.2 Å². The molecule has 0 N–H and O–H groups in total. The zero-order valence-electron chi connectivity index (χ0n) is 8.20. The second kappa shape index (κ2) is 3.77. The molecule has 0 atom stereocenters. The van der Waals surface area contributed by atoms with Crippen LogP contribution in [0.4, 0.5) is 8.78 Å². The van der Waals surface area contributed by atoms with Crippen LogP contribution in [0.1, 0.15) is 6.92 Å². The van der Waals surface area contributed by atoms with Gasteiger partial charge in [0.15, 0.2) is 9.84 Å². The minimum Gasteiger partial charge on any atom is -0.433 e. The van der Waals surface area contributed by atoms with E-state index in [0.717, 1.165) is 6.26 Å². The zero-order valence-corrected chi connectivity index (χ0v) is 9.01. The summed E-state index contributed by atoms with van der Waals surface area (Å²) in [7, 11) is -3.31. The minimum absolute atomic E-state index is 0.0641. The van der Waals surface area contributed by atoms with Crippen LogP contribution < -0.4 is 4.74 Å². The molecule has 0 amide bonds. The lowest BCUT2D eigenvalue weighted by atomic mass is 10.3. The van der Waals surface area contributed by atoms with Crippen molar-refractivity contribution in [3.05, 3.63) is 24.3 Å². The van der Waals surface area contributed by atoms with Crippen LogP contribution in [0.25, 0.3) is 0 Å². The summed E-state index contributed by atoms with van der Waals surface area (Å²) in [5.74, 6) is -0.0742.